The second kappa shape index (κ2) is 15.8. The van der Waals surface area contributed by atoms with E-state index in [9.17, 15) is 9.90 Å². The van der Waals surface area contributed by atoms with Crippen molar-refractivity contribution in [2.75, 3.05) is 46.2 Å². The SMILES string of the molecule is CC(C)(C)CCOCCOCCOCCOC(O[SiH](c1ccccc1)c1ccccc1)C(=O)O. The highest BCUT2D eigenvalue weighted by atomic mass is 28.3. The number of carboxylic acid groups (broad SMARTS) is 1. The number of carboxylic acids is 1. The van der Waals surface area contributed by atoms with Crippen LogP contribution in [-0.2, 0) is 28.2 Å². The topological polar surface area (TPSA) is 83.5 Å². The van der Waals surface area contributed by atoms with Crippen LogP contribution in [0.25, 0.3) is 0 Å². The smallest absolute Gasteiger partial charge is 0.360 e. The van der Waals surface area contributed by atoms with Crippen LogP contribution < -0.4 is 10.4 Å². The van der Waals surface area contributed by atoms with Gasteiger partial charge in [-0.1, -0.05) is 81.4 Å². The van der Waals surface area contributed by atoms with Gasteiger partial charge in [0.2, 0.25) is 15.3 Å². The summed E-state index contributed by atoms with van der Waals surface area (Å²) in [6.07, 6.45) is -0.348. The van der Waals surface area contributed by atoms with E-state index in [0.29, 0.717) is 26.4 Å². The molecule has 0 radical (unpaired) electrons. The lowest BCUT2D eigenvalue weighted by molar-refractivity contribution is -0.173. The Bertz CT molecular complexity index is 756. The van der Waals surface area contributed by atoms with Gasteiger partial charge in [-0.2, -0.15) is 0 Å². The fourth-order valence-electron chi connectivity index (χ4n) is 3.03. The lowest BCUT2D eigenvalue weighted by Crippen LogP contribution is -2.49. The van der Waals surface area contributed by atoms with Gasteiger partial charge in [-0.25, -0.2) is 4.79 Å². The number of aliphatic carboxylic acids is 1. The predicted octanol–water partition coefficient (Wildman–Crippen LogP) is 2.45. The van der Waals surface area contributed by atoms with E-state index >= 15 is 0 Å². The molecule has 0 saturated carbocycles. The molecule has 188 valence electrons. The zero-order valence-corrected chi connectivity index (χ0v) is 21.6. The van der Waals surface area contributed by atoms with Crippen molar-refractivity contribution < 1.29 is 33.3 Å². The normalized spacial score (nSPS) is 12.7. The largest absolute Gasteiger partial charge is 0.478 e. The van der Waals surface area contributed by atoms with Crippen LogP contribution in [0.1, 0.15) is 27.2 Å². The summed E-state index contributed by atoms with van der Waals surface area (Å²) < 4.78 is 28.0. The van der Waals surface area contributed by atoms with Gasteiger partial charge in [0.05, 0.1) is 39.6 Å². The Hall–Kier alpha value is -2.07. The molecule has 8 heteroatoms. The molecular weight excluding hydrogens is 452 g/mol. The molecule has 2 aromatic carbocycles. The molecule has 0 heterocycles. The van der Waals surface area contributed by atoms with Crippen LogP contribution in [0.5, 0.6) is 0 Å². The highest BCUT2D eigenvalue weighted by Crippen LogP contribution is 2.17. The van der Waals surface area contributed by atoms with E-state index in [0.717, 1.165) is 23.4 Å². The zero-order valence-electron chi connectivity index (χ0n) is 20.5. The lowest BCUT2D eigenvalue weighted by atomic mass is 9.93. The van der Waals surface area contributed by atoms with Crippen molar-refractivity contribution in [1.29, 1.82) is 0 Å². The standard InChI is InChI=1S/C26H38O7Si/c1-26(2,3)14-15-29-16-17-30-18-19-31-20-21-32-25(24(27)28)33-34(22-10-6-4-7-11-22)23-12-8-5-9-13-23/h4-13,25,34H,14-21H2,1-3H3,(H,27,28). The maximum Gasteiger partial charge on any atom is 0.360 e. The quantitative estimate of drug-likeness (QED) is 0.207. The predicted molar refractivity (Wildman–Crippen MR) is 134 cm³/mol. The monoisotopic (exact) mass is 490 g/mol. The first-order valence-electron chi connectivity index (χ1n) is 11.7. The third-order valence-corrected chi connectivity index (χ3v) is 7.40. The van der Waals surface area contributed by atoms with E-state index in [-0.39, 0.29) is 18.6 Å². The van der Waals surface area contributed by atoms with E-state index in [1.165, 1.54) is 0 Å². The van der Waals surface area contributed by atoms with E-state index in [1.54, 1.807) is 0 Å². The van der Waals surface area contributed by atoms with Crippen LogP contribution in [0.2, 0.25) is 0 Å². The molecule has 34 heavy (non-hydrogen) atoms. The van der Waals surface area contributed by atoms with Crippen molar-refractivity contribution in [2.45, 2.75) is 33.5 Å². The molecule has 1 unspecified atom stereocenters. The van der Waals surface area contributed by atoms with Crippen LogP contribution in [0.4, 0.5) is 0 Å². The van der Waals surface area contributed by atoms with Gasteiger partial charge in [0.1, 0.15) is 0 Å². The zero-order chi connectivity index (χ0) is 24.7. The molecule has 0 amide bonds. The minimum absolute atomic E-state index is 0.109. The van der Waals surface area contributed by atoms with Crippen molar-refractivity contribution in [3.8, 4) is 0 Å². The van der Waals surface area contributed by atoms with Crippen LogP contribution >= 0.6 is 0 Å². The molecule has 0 aromatic heterocycles. The highest BCUT2D eigenvalue weighted by Gasteiger charge is 2.27. The molecule has 0 aliphatic heterocycles. The highest BCUT2D eigenvalue weighted by molar-refractivity contribution is 6.80. The number of hydrogen-bond donors (Lipinski definition) is 1. The maximum atomic E-state index is 11.8. The molecule has 0 aliphatic carbocycles. The molecule has 0 fully saturated rings. The van der Waals surface area contributed by atoms with Crippen LogP contribution in [0.15, 0.2) is 60.7 Å². The summed E-state index contributed by atoms with van der Waals surface area (Å²) in [5.41, 5.74) is 0.271. The van der Waals surface area contributed by atoms with Crippen molar-refractivity contribution in [2.24, 2.45) is 5.41 Å². The molecule has 0 spiro atoms. The lowest BCUT2D eigenvalue weighted by Gasteiger charge is -2.22. The summed E-state index contributed by atoms with van der Waals surface area (Å²) in [5.74, 6) is -1.15. The average molecular weight is 491 g/mol. The second-order valence-corrected chi connectivity index (χ2v) is 11.4. The number of ether oxygens (including phenoxy) is 4. The fourth-order valence-corrected chi connectivity index (χ4v) is 5.32. The van der Waals surface area contributed by atoms with Crippen LogP contribution in [0, 0.1) is 5.41 Å². The fraction of sp³-hybridized carbons (Fsp3) is 0.500. The Labute approximate surface area is 204 Å². The Morgan fingerprint density at radius 1 is 0.765 bits per heavy atom. The first-order valence-corrected chi connectivity index (χ1v) is 13.3. The van der Waals surface area contributed by atoms with Crippen molar-refractivity contribution in [1.82, 2.24) is 0 Å². The summed E-state index contributed by atoms with van der Waals surface area (Å²) in [4.78, 5) is 11.8. The molecule has 0 bridgehead atoms. The van der Waals surface area contributed by atoms with E-state index in [2.05, 4.69) is 20.8 Å². The number of rotatable bonds is 17. The van der Waals surface area contributed by atoms with Gasteiger partial charge in [0.15, 0.2) is 0 Å². The molecule has 1 N–H and O–H groups in total. The molecule has 0 saturated heterocycles. The Balaban J connectivity index is 1.67. The molecular formula is C26H38O7Si. The molecule has 1 atom stereocenters. The summed E-state index contributed by atoms with van der Waals surface area (Å²) in [6.45, 7) is 9.57. The van der Waals surface area contributed by atoms with E-state index < -0.39 is 21.3 Å². The van der Waals surface area contributed by atoms with Gasteiger partial charge >= 0.3 is 5.97 Å². The van der Waals surface area contributed by atoms with Crippen LogP contribution in [0.3, 0.4) is 0 Å². The molecule has 2 aromatic rings. The number of hydrogen-bond acceptors (Lipinski definition) is 6. The Morgan fingerprint density at radius 3 is 1.65 bits per heavy atom. The van der Waals surface area contributed by atoms with E-state index in [4.69, 9.17) is 23.4 Å². The van der Waals surface area contributed by atoms with Crippen molar-refractivity contribution in [3.63, 3.8) is 0 Å². The van der Waals surface area contributed by atoms with Gasteiger partial charge in [0.25, 0.3) is 0 Å². The summed E-state index contributed by atoms with van der Waals surface area (Å²) >= 11 is 0. The minimum atomic E-state index is -2.24. The van der Waals surface area contributed by atoms with Gasteiger partial charge in [-0.3, -0.25) is 0 Å². The summed E-state index contributed by atoms with van der Waals surface area (Å²) in [7, 11) is -2.24. The maximum absolute atomic E-state index is 11.8. The van der Waals surface area contributed by atoms with Crippen molar-refractivity contribution >= 4 is 25.4 Å². The molecule has 2 rings (SSSR count). The summed E-state index contributed by atoms with van der Waals surface area (Å²) in [6, 6.07) is 19.4. The summed E-state index contributed by atoms with van der Waals surface area (Å²) in [5, 5.41) is 11.6. The molecule has 7 nitrogen and oxygen atoms in total. The number of carbonyl (C=O) groups is 1. The molecule has 0 aliphatic rings. The number of benzene rings is 2. The Morgan fingerprint density at radius 2 is 1.21 bits per heavy atom. The second-order valence-electron chi connectivity index (χ2n) is 9.03. The van der Waals surface area contributed by atoms with Gasteiger partial charge in [-0.05, 0) is 22.2 Å². The van der Waals surface area contributed by atoms with E-state index in [1.807, 2.05) is 60.7 Å². The minimum Gasteiger partial charge on any atom is -0.478 e. The first kappa shape index (κ1) is 28.2. The van der Waals surface area contributed by atoms with Gasteiger partial charge < -0.3 is 28.5 Å². The van der Waals surface area contributed by atoms with Crippen molar-refractivity contribution in [3.05, 3.63) is 60.7 Å². The van der Waals surface area contributed by atoms with Gasteiger partial charge in [-0.15, -0.1) is 0 Å². The Kier molecular flexibility index (Phi) is 13.1. The first-order chi connectivity index (χ1) is 16.4. The third-order valence-electron chi connectivity index (χ3n) is 4.90. The third kappa shape index (κ3) is 11.9. The average Bonchev–Trinajstić information content (AvgIpc) is 2.82. The van der Waals surface area contributed by atoms with Gasteiger partial charge in [0, 0.05) is 6.61 Å². The van der Waals surface area contributed by atoms with Crippen LogP contribution in [-0.4, -0.2) is 72.7 Å².